The lowest BCUT2D eigenvalue weighted by atomic mass is 10.1. The van der Waals surface area contributed by atoms with Crippen molar-refractivity contribution in [2.24, 2.45) is 0 Å². The molecule has 1 aromatic carbocycles. The molecular formula is C12H19NO3. The fraction of sp³-hybridized carbons (Fsp3) is 0.500. The standard InChI is InChI=1S/C12H19NO3/c1-13-11(12(15-2)16-3)8-9-4-6-10(14)7-5-9/h4-7,11-14H,8H2,1-3H3. The third kappa shape index (κ3) is 3.48. The second-order valence-electron chi connectivity index (χ2n) is 3.61. The van der Waals surface area contributed by atoms with Crippen molar-refractivity contribution in [3.8, 4) is 5.75 Å². The summed E-state index contributed by atoms with van der Waals surface area (Å²) in [5.41, 5.74) is 1.12. The van der Waals surface area contributed by atoms with Crippen molar-refractivity contribution >= 4 is 0 Å². The van der Waals surface area contributed by atoms with E-state index >= 15 is 0 Å². The fourth-order valence-corrected chi connectivity index (χ4v) is 1.65. The van der Waals surface area contributed by atoms with Gasteiger partial charge in [-0.2, -0.15) is 0 Å². The molecule has 0 saturated carbocycles. The van der Waals surface area contributed by atoms with E-state index in [1.807, 2.05) is 19.2 Å². The van der Waals surface area contributed by atoms with Crippen LogP contribution >= 0.6 is 0 Å². The van der Waals surface area contributed by atoms with Crippen molar-refractivity contribution in [3.05, 3.63) is 29.8 Å². The Morgan fingerprint density at radius 1 is 1.19 bits per heavy atom. The summed E-state index contributed by atoms with van der Waals surface area (Å²) in [5, 5.41) is 12.3. The molecule has 0 saturated heterocycles. The predicted molar refractivity (Wildman–Crippen MR) is 62.5 cm³/mol. The van der Waals surface area contributed by atoms with Crippen LogP contribution in [0.1, 0.15) is 5.56 Å². The number of rotatable bonds is 6. The van der Waals surface area contributed by atoms with E-state index in [2.05, 4.69) is 5.32 Å². The van der Waals surface area contributed by atoms with Gasteiger partial charge in [-0.05, 0) is 31.2 Å². The second-order valence-corrected chi connectivity index (χ2v) is 3.61. The number of phenolic OH excluding ortho intramolecular Hbond substituents is 1. The molecule has 0 aliphatic heterocycles. The number of nitrogens with one attached hydrogen (secondary N) is 1. The van der Waals surface area contributed by atoms with Crippen LogP contribution in [-0.2, 0) is 15.9 Å². The highest BCUT2D eigenvalue weighted by Gasteiger charge is 2.19. The summed E-state index contributed by atoms with van der Waals surface area (Å²) in [5.74, 6) is 0.278. The molecule has 0 aromatic heterocycles. The molecule has 4 nitrogen and oxygen atoms in total. The van der Waals surface area contributed by atoms with Crippen molar-refractivity contribution in [2.45, 2.75) is 18.8 Å². The largest absolute Gasteiger partial charge is 0.508 e. The Labute approximate surface area is 96.2 Å². The summed E-state index contributed by atoms with van der Waals surface area (Å²) in [6.45, 7) is 0. The average Bonchev–Trinajstić information content (AvgIpc) is 2.32. The number of methoxy groups -OCH3 is 2. The third-order valence-corrected chi connectivity index (χ3v) is 2.56. The Morgan fingerprint density at radius 2 is 1.75 bits per heavy atom. The number of likely N-dealkylation sites (N-methyl/N-ethyl adjacent to an activating group) is 1. The molecule has 4 heteroatoms. The van der Waals surface area contributed by atoms with Crippen molar-refractivity contribution in [1.29, 1.82) is 0 Å². The van der Waals surface area contributed by atoms with E-state index in [-0.39, 0.29) is 18.1 Å². The molecule has 0 aliphatic rings. The van der Waals surface area contributed by atoms with Gasteiger partial charge in [-0.25, -0.2) is 0 Å². The highest BCUT2D eigenvalue weighted by atomic mass is 16.7. The maximum atomic E-state index is 9.18. The molecule has 0 fully saturated rings. The zero-order valence-corrected chi connectivity index (χ0v) is 9.93. The van der Waals surface area contributed by atoms with Crippen molar-refractivity contribution in [3.63, 3.8) is 0 Å². The van der Waals surface area contributed by atoms with Crippen LogP contribution in [0.5, 0.6) is 5.75 Å². The molecule has 0 spiro atoms. The third-order valence-electron chi connectivity index (χ3n) is 2.56. The lowest BCUT2D eigenvalue weighted by Crippen LogP contribution is -2.41. The molecule has 2 N–H and O–H groups in total. The number of hydrogen-bond acceptors (Lipinski definition) is 4. The Hall–Kier alpha value is -1.10. The minimum atomic E-state index is -0.279. The van der Waals surface area contributed by atoms with Gasteiger partial charge in [-0.1, -0.05) is 12.1 Å². The number of hydrogen-bond donors (Lipinski definition) is 2. The Morgan fingerprint density at radius 3 is 2.19 bits per heavy atom. The molecule has 1 aromatic rings. The van der Waals surface area contributed by atoms with Crippen molar-refractivity contribution in [2.75, 3.05) is 21.3 Å². The van der Waals surface area contributed by atoms with E-state index in [0.29, 0.717) is 0 Å². The average molecular weight is 225 g/mol. The minimum Gasteiger partial charge on any atom is -0.508 e. The fourth-order valence-electron chi connectivity index (χ4n) is 1.65. The zero-order chi connectivity index (χ0) is 12.0. The van der Waals surface area contributed by atoms with Crippen LogP contribution in [0.25, 0.3) is 0 Å². The Kier molecular flexibility index (Phi) is 5.25. The van der Waals surface area contributed by atoms with Crippen LogP contribution in [0.4, 0.5) is 0 Å². The molecule has 16 heavy (non-hydrogen) atoms. The summed E-state index contributed by atoms with van der Waals surface area (Å²) in [7, 11) is 5.11. The maximum absolute atomic E-state index is 9.18. The zero-order valence-electron chi connectivity index (χ0n) is 9.93. The van der Waals surface area contributed by atoms with Gasteiger partial charge in [0.2, 0.25) is 0 Å². The molecule has 0 bridgehead atoms. The van der Waals surface area contributed by atoms with E-state index < -0.39 is 0 Å². The van der Waals surface area contributed by atoms with Crippen LogP contribution in [0.2, 0.25) is 0 Å². The normalized spacial score (nSPS) is 13.0. The minimum absolute atomic E-state index is 0.0829. The number of benzene rings is 1. The van der Waals surface area contributed by atoms with Gasteiger partial charge in [0.25, 0.3) is 0 Å². The van der Waals surface area contributed by atoms with Gasteiger partial charge in [-0.3, -0.25) is 0 Å². The first-order chi connectivity index (χ1) is 7.71. The van der Waals surface area contributed by atoms with Crippen LogP contribution < -0.4 is 5.32 Å². The quantitative estimate of drug-likeness (QED) is 0.713. The molecule has 90 valence electrons. The van der Waals surface area contributed by atoms with Gasteiger partial charge in [-0.15, -0.1) is 0 Å². The summed E-state index contributed by atoms with van der Waals surface area (Å²) in [4.78, 5) is 0. The molecule has 1 atom stereocenters. The monoisotopic (exact) mass is 225 g/mol. The summed E-state index contributed by atoms with van der Waals surface area (Å²) < 4.78 is 10.4. The maximum Gasteiger partial charge on any atom is 0.172 e. The topological polar surface area (TPSA) is 50.7 Å². The van der Waals surface area contributed by atoms with Gasteiger partial charge in [0.05, 0.1) is 6.04 Å². The molecule has 0 amide bonds. The predicted octanol–water partition coefficient (Wildman–Crippen LogP) is 1.14. The lowest BCUT2D eigenvalue weighted by Gasteiger charge is -2.24. The van der Waals surface area contributed by atoms with Crippen LogP contribution in [-0.4, -0.2) is 38.7 Å². The number of phenols is 1. The summed E-state index contributed by atoms with van der Waals surface area (Å²) in [6.07, 6.45) is 0.502. The molecular weight excluding hydrogens is 206 g/mol. The van der Waals surface area contributed by atoms with E-state index in [4.69, 9.17) is 9.47 Å². The van der Waals surface area contributed by atoms with E-state index in [9.17, 15) is 5.11 Å². The first kappa shape index (κ1) is 13.0. The van der Waals surface area contributed by atoms with Gasteiger partial charge in [0.1, 0.15) is 5.75 Å². The van der Waals surface area contributed by atoms with Crippen molar-refractivity contribution < 1.29 is 14.6 Å². The Bertz CT molecular complexity index is 296. The highest BCUT2D eigenvalue weighted by molar-refractivity contribution is 5.26. The molecule has 1 rings (SSSR count). The first-order valence-corrected chi connectivity index (χ1v) is 5.22. The second kappa shape index (κ2) is 6.48. The van der Waals surface area contributed by atoms with E-state index in [1.165, 1.54) is 0 Å². The van der Waals surface area contributed by atoms with E-state index in [1.54, 1.807) is 26.4 Å². The summed E-state index contributed by atoms with van der Waals surface area (Å²) in [6, 6.07) is 7.22. The number of aromatic hydroxyl groups is 1. The smallest absolute Gasteiger partial charge is 0.172 e. The van der Waals surface area contributed by atoms with Gasteiger partial charge >= 0.3 is 0 Å². The van der Waals surface area contributed by atoms with Gasteiger partial charge in [0, 0.05) is 14.2 Å². The molecule has 0 heterocycles. The van der Waals surface area contributed by atoms with E-state index in [0.717, 1.165) is 12.0 Å². The summed E-state index contributed by atoms with van der Waals surface area (Å²) >= 11 is 0. The molecule has 0 aliphatic carbocycles. The Balaban J connectivity index is 2.65. The molecule has 1 unspecified atom stereocenters. The number of ether oxygens (including phenoxy) is 2. The lowest BCUT2D eigenvalue weighted by molar-refractivity contribution is -0.121. The molecule has 0 radical (unpaired) electrons. The van der Waals surface area contributed by atoms with Crippen LogP contribution in [0, 0.1) is 0 Å². The van der Waals surface area contributed by atoms with Gasteiger partial charge < -0.3 is 19.9 Å². The van der Waals surface area contributed by atoms with Crippen molar-refractivity contribution in [1.82, 2.24) is 5.32 Å². The van der Waals surface area contributed by atoms with Crippen LogP contribution in [0.3, 0.4) is 0 Å². The highest BCUT2D eigenvalue weighted by Crippen LogP contribution is 2.13. The SMILES string of the molecule is CNC(Cc1ccc(O)cc1)C(OC)OC. The first-order valence-electron chi connectivity index (χ1n) is 5.22. The van der Waals surface area contributed by atoms with Crippen LogP contribution in [0.15, 0.2) is 24.3 Å². The van der Waals surface area contributed by atoms with Gasteiger partial charge in [0.15, 0.2) is 6.29 Å².